The van der Waals surface area contributed by atoms with Crippen molar-refractivity contribution in [3.8, 4) is 17.0 Å². The first kappa shape index (κ1) is 19.8. The molecule has 0 aliphatic carbocycles. The van der Waals surface area contributed by atoms with Gasteiger partial charge in [-0.2, -0.15) is 0 Å². The van der Waals surface area contributed by atoms with Crippen molar-refractivity contribution in [3.05, 3.63) is 42.4 Å². The largest absolute Gasteiger partial charge is 0.497 e. The van der Waals surface area contributed by atoms with Crippen LogP contribution in [-0.2, 0) is 4.79 Å². The van der Waals surface area contributed by atoms with E-state index in [1.54, 1.807) is 14.0 Å². The van der Waals surface area contributed by atoms with Crippen LogP contribution in [0.2, 0.25) is 0 Å². The van der Waals surface area contributed by atoms with E-state index in [1.165, 1.54) is 6.42 Å². The average Bonchev–Trinajstić information content (AvgIpc) is 2.79. The lowest BCUT2D eigenvalue weighted by molar-refractivity contribution is -0.130. The molecule has 6 nitrogen and oxygen atoms in total. The maximum atomic E-state index is 11.6. The molecule has 2 saturated heterocycles. The van der Waals surface area contributed by atoms with Gasteiger partial charge in [0.2, 0.25) is 5.91 Å². The fourth-order valence-corrected chi connectivity index (χ4v) is 4.62. The molecule has 4 rings (SSSR count). The number of ether oxygens (including phenoxy) is 1. The predicted molar refractivity (Wildman–Crippen MR) is 113 cm³/mol. The molecule has 2 aromatic rings. The summed E-state index contributed by atoms with van der Waals surface area (Å²) in [6.45, 7) is 5.61. The number of likely N-dealkylation sites (tertiary alicyclic amines) is 2. The van der Waals surface area contributed by atoms with Gasteiger partial charge in [0.05, 0.1) is 24.7 Å². The Morgan fingerprint density at radius 1 is 1.14 bits per heavy atom. The molecule has 1 aromatic carbocycles. The third-order valence-corrected chi connectivity index (χ3v) is 6.32. The van der Waals surface area contributed by atoms with E-state index in [1.807, 2.05) is 41.6 Å². The number of carbonyl (C=O) groups is 1. The summed E-state index contributed by atoms with van der Waals surface area (Å²) in [7, 11) is 1.68. The van der Waals surface area contributed by atoms with Gasteiger partial charge >= 0.3 is 0 Å². The molecule has 29 heavy (non-hydrogen) atoms. The van der Waals surface area contributed by atoms with Crippen LogP contribution in [0, 0.1) is 0 Å². The number of aromatic nitrogens is 2. The van der Waals surface area contributed by atoms with Gasteiger partial charge in [-0.25, -0.2) is 4.98 Å². The van der Waals surface area contributed by atoms with Crippen molar-refractivity contribution >= 4 is 5.91 Å². The van der Waals surface area contributed by atoms with E-state index in [4.69, 9.17) is 9.72 Å². The number of rotatable bonds is 4. The highest BCUT2D eigenvalue weighted by molar-refractivity contribution is 5.73. The standard InChI is InChI=1S/C23H30N4O2/c1-17(28)26-11-8-20(9-12-26)27-10-4-6-19(16-27)23-15-24-14-22(25-23)18-5-3-7-21(13-18)29-2/h3,5,7,13-15,19-20H,4,6,8-12,16H2,1-2H3. The molecule has 1 aromatic heterocycles. The minimum atomic E-state index is 0.199. The van der Waals surface area contributed by atoms with E-state index in [0.29, 0.717) is 12.0 Å². The molecular weight excluding hydrogens is 364 g/mol. The number of benzene rings is 1. The van der Waals surface area contributed by atoms with E-state index >= 15 is 0 Å². The van der Waals surface area contributed by atoms with Gasteiger partial charge in [0.15, 0.2) is 0 Å². The van der Waals surface area contributed by atoms with Crippen molar-refractivity contribution in [2.75, 3.05) is 33.3 Å². The van der Waals surface area contributed by atoms with E-state index in [0.717, 1.165) is 68.1 Å². The highest BCUT2D eigenvalue weighted by atomic mass is 16.5. The van der Waals surface area contributed by atoms with Crippen LogP contribution in [0.3, 0.4) is 0 Å². The Morgan fingerprint density at radius 3 is 2.72 bits per heavy atom. The molecule has 0 saturated carbocycles. The second kappa shape index (κ2) is 8.91. The third-order valence-electron chi connectivity index (χ3n) is 6.32. The predicted octanol–water partition coefficient (Wildman–Crippen LogP) is 3.34. The first-order valence-electron chi connectivity index (χ1n) is 10.6. The van der Waals surface area contributed by atoms with Crippen molar-refractivity contribution in [1.29, 1.82) is 0 Å². The zero-order valence-electron chi connectivity index (χ0n) is 17.4. The number of piperidine rings is 2. The number of nitrogens with zero attached hydrogens (tertiary/aromatic N) is 4. The van der Waals surface area contributed by atoms with Crippen molar-refractivity contribution in [2.45, 2.75) is 44.6 Å². The van der Waals surface area contributed by atoms with Gasteiger partial charge in [0, 0.05) is 50.3 Å². The molecule has 1 unspecified atom stereocenters. The SMILES string of the molecule is COc1cccc(-c2cncc(C3CCCN(C4CCN(C(C)=O)CC4)C3)n2)c1. The van der Waals surface area contributed by atoms with Gasteiger partial charge in [0.1, 0.15) is 5.75 Å². The highest BCUT2D eigenvalue weighted by Crippen LogP contribution is 2.30. The first-order chi connectivity index (χ1) is 14.1. The first-order valence-corrected chi connectivity index (χ1v) is 10.6. The van der Waals surface area contributed by atoms with E-state index in [9.17, 15) is 4.79 Å². The fourth-order valence-electron chi connectivity index (χ4n) is 4.62. The lowest BCUT2D eigenvalue weighted by Gasteiger charge is -2.42. The average molecular weight is 395 g/mol. The van der Waals surface area contributed by atoms with Gasteiger partial charge in [-0.3, -0.25) is 14.7 Å². The van der Waals surface area contributed by atoms with Crippen molar-refractivity contribution in [3.63, 3.8) is 0 Å². The maximum Gasteiger partial charge on any atom is 0.219 e. The zero-order chi connectivity index (χ0) is 20.2. The minimum Gasteiger partial charge on any atom is -0.497 e. The molecule has 0 radical (unpaired) electrons. The van der Waals surface area contributed by atoms with E-state index < -0.39 is 0 Å². The second-order valence-electron chi connectivity index (χ2n) is 8.13. The van der Waals surface area contributed by atoms with Crippen molar-refractivity contribution < 1.29 is 9.53 Å². The van der Waals surface area contributed by atoms with Gasteiger partial charge in [-0.15, -0.1) is 0 Å². The van der Waals surface area contributed by atoms with Crippen LogP contribution in [0.25, 0.3) is 11.3 Å². The van der Waals surface area contributed by atoms with Crippen LogP contribution in [0.4, 0.5) is 0 Å². The molecule has 0 bridgehead atoms. The Kier molecular flexibility index (Phi) is 6.09. The van der Waals surface area contributed by atoms with Crippen LogP contribution in [-0.4, -0.2) is 65.0 Å². The molecule has 1 amide bonds. The quantitative estimate of drug-likeness (QED) is 0.796. The summed E-state index contributed by atoms with van der Waals surface area (Å²) in [6.07, 6.45) is 8.23. The molecule has 6 heteroatoms. The van der Waals surface area contributed by atoms with Crippen molar-refractivity contribution in [2.24, 2.45) is 0 Å². The van der Waals surface area contributed by atoms with Crippen molar-refractivity contribution in [1.82, 2.24) is 19.8 Å². The molecule has 2 aliphatic rings. The van der Waals surface area contributed by atoms with Gasteiger partial charge in [-0.05, 0) is 44.4 Å². The summed E-state index contributed by atoms with van der Waals surface area (Å²) in [5.74, 6) is 1.44. The summed E-state index contributed by atoms with van der Waals surface area (Å²) in [6, 6.07) is 8.55. The van der Waals surface area contributed by atoms with Crippen LogP contribution >= 0.6 is 0 Å². The van der Waals surface area contributed by atoms with Gasteiger partial charge in [0.25, 0.3) is 0 Å². The minimum absolute atomic E-state index is 0.199. The Labute approximate surface area is 172 Å². The number of hydrogen-bond donors (Lipinski definition) is 0. The molecule has 3 heterocycles. The molecule has 0 N–H and O–H groups in total. The Bertz CT molecular complexity index is 848. The number of carbonyl (C=O) groups excluding carboxylic acids is 1. The molecule has 154 valence electrons. The molecule has 2 fully saturated rings. The Morgan fingerprint density at radius 2 is 1.97 bits per heavy atom. The number of methoxy groups -OCH3 is 1. The Balaban J connectivity index is 1.45. The van der Waals surface area contributed by atoms with Crippen LogP contribution in [0.5, 0.6) is 5.75 Å². The van der Waals surface area contributed by atoms with E-state index in [2.05, 4.69) is 9.88 Å². The monoisotopic (exact) mass is 394 g/mol. The highest BCUT2D eigenvalue weighted by Gasteiger charge is 2.30. The van der Waals surface area contributed by atoms with Gasteiger partial charge < -0.3 is 9.64 Å². The summed E-state index contributed by atoms with van der Waals surface area (Å²) < 4.78 is 5.35. The lowest BCUT2D eigenvalue weighted by Crippen LogP contribution is -2.49. The Hall–Kier alpha value is -2.47. The smallest absolute Gasteiger partial charge is 0.219 e. The summed E-state index contributed by atoms with van der Waals surface area (Å²) in [5, 5.41) is 0. The van der Waals surface area contributed by atoms with Crippen LogP contribution in [0.1, 0.15) is 44.2 Å². The summed E-state index contributed by atoms with van der Waals surface area (Å²) in [4.78, 5) is 25.6. The molecular formula is C23H30N4O2. The molecule has 0 spiro atoms. The summed E-state index contributed by atoms with van der Waals surface area (Å²) in [5.41, 5.74) is 3.01. The second-order valence-corrected chi connectivity index (χ2v) is 8.13. The molecule has 2 aliphatic heterocycles. The third kappa shape index (κ3) is 4.58. The lowest BCUT2D eigenvalue weighted by atomic mass is 9.91. The maximum absolute atomic E-state index is 11.6. The fraction of sp³-hybridized carbons (Fsp3) is 0.522. The topological polar surface area (TPSA) is 58.6 Å². The normalized spacial score (nSPS) is 21.2. The molecule has 1 atom stereocenters. The number of amides is 1. The van der Waals surface area contributed by atoms with Crippen LogP contribution < -0.4 is 4.74 Å². The van der Waals surface area contributed by atoms with E-state index in [-0.39, 0.29) is 5.91 Å². The number of hydrogen-bond acceptors (Lipinski definition) is 5. The van der Waals surface area contributed by atoms with Crippen LogP contribution in [0.15, 0.2) is 36.7 Å². The summed E-state index contributed by atoms with van der Waals surface area (Å²) >= 11 is 0. The van der Waals surface area contributed by atoms with Gasteiger partial charge in [-0.1, -0.05) is 12.1 Å². The zero-order valence-corrected chi connectivity index (χ0v) is 17.4.